The number of rotatable bonds is 11. The van der Waals surface area contributed by atoms with Crippen LogP contribution in [0.15, 0.2) is 65.0 Å². The second-order valence-electron chi connectivity index (χ2n) is 9.56. The Hall–Kier alpha value is -3.66. The van der Waals surface area contributed by atoms with Crippen LogP contribution in [0.2, 0.25) is 0 Å². The number of aliphatic hydroxyl groups is 1. The predicted octanol–water partition coefficient (Wildman–Crippen LogP) is 5.25. The van der Waals surface area contributed by atoms with Gasteiger partial charge in [-0.1, -0.05) is 18.2 Å². The minimum absolute atomic E-state index is 0.131. The van der Waals surface area contributed by atoms with Crippen LogP contribution in [0.1, 0.15) is 12.0 Å². The zero-order valence-electron chi connectivity index (χ0n) is 22.8. The maximum absolute atomic E-state index is 10.1. The normalized spacial score (nSPS) is 14.1. The molecule has 0 aliphatic carbocycles. The van der Waals surface area contributed by atoms with Crippen LogP contribution in [0.4, 0.5) is 11.6 Å². The van der Waals surface area contributed by atoms with E-state index in [0.717, 1.165) is 70.8 Å². The highest BCUT2D eigenvalue weighted by molar-refractivity contribution is 8.00. The monoisotopic (exact) mass is 588 g/mol. The minimum Gasteiger partial charge on any atom is -0.508 e. The molecule has 0 amide bonds. The first kappa shape index (κ1) is 28.9. The van der Waals surface area contributed by atoms with Crippen LogP contribution < -0.4 is 10.1 Å². The van der Waals surface area contributed by atoms with Crippen molar-refractivity contribution in [3.63, 3.8) is 0 Å². The van der Waals surface area contributed by atoms with E-state index in [1.54, 1.807) is 24.4 Å². The topological polar surface area (TPSA) is 118 Å². The molecule has 1 aliphatic heterocycles. The van der Waals surface area contributed by atoms with Gasteiger partial charge in [0.15, 0.2) is 0 Å². The molecule has 2 aromatic heterocycles. The first-order valence-corrected chi connectivity index (χ1v) is 15.4. The van der Waals surface area contributed by atoms with E-state index < -0.39 is 0 Å². The SMILES string of the molecule is CSc1sc(-c2ccnc(Nc3cccc(OCCCN4CCN(CO)CC4)c3)n2)c(-c2cccc(O)c2)c1C#N. The Morgan fingerprint density at radius 2 is 1.90 bits per heavy atom. The molecule has 0 radical (unpaired) electrons. The van der Waals surface area contributed by atoms with Gasteiger partial charge in [-0.2, -0.15) is 5.26 Å². The fourth-order valence-corrected chi connectivity index (χ4v) is 6.65. The second-order valence-corrected chi connectivity index (χ2v) is 11.7. The van der Waals surface area contributed by atoms with Crippen LogP contribution in [0.3, 0.4) is 0 Å². The van der Waals surface area contributed by atoms with E-state index >= 15 is 0 Å². The number of nitrogens with one attached hydrogen (secondary N) is 1. The summed E-state index contributed by atoms with van der Waals surface area (Å²) in [5.74, 6) is 1.34. The molecule has 3 N–H and O–H groups in total. The summed E-state index contributed by atoms with van der Waals surface area (Å²) in [6, 6.07) is 18.8. The van der Waals surface area contributed by atoms with Gasteiger partial charge < -0.3 is 25.2 Å². The molecule has 3 heterocycles. The molecular formula is C30H32N6O3S2. The third-order valence-electron chi connectivity index (χ3n) is 6.84. The van der Waals surface area contributed by atoms with Gasteiger partial charge in [0.2, 0.25) is 5.95 Å². The predicted molar refractivity (Wildman–Crippen MR) is 164 cm³/mol. The van der Waals surface area contributed by atoms with Crippen LogP contribution in [0.5, 0.6) is 11.5 Å². The number of benzene rings is 2. The Morgan fingerprint density at radius 3 is 2.66 bits per heavy atom. The average molecular weight is 589 g/mol. The van der Waals surface area contributed by atoms with Crippen molar-refractivity contribution < 1.29 is 14.9 Å². The molecule has 0 saturated carbocycles. The molecule has 11 heteroatoms. The van der Waals surface area contributed by atoms with Crippen molar-refractivity contribution in [1.29, 1.82) is 5.26 Å². The van der Waals surface area contributed by atoms with Crippen LogP contribution in [-0.2, 0) is 0 Å². The number of hydrogen-bond donors (Lipinski definition) is 3. The highest BCUT2D eigenvalue weighted by Gasteiger charge is 2.22. The molecule has 9 nitrogen and oxygen atoms in total. The molecule has 2 aromatic carbocycles. The number of piperazine rings is 1. The summed E-state index contributed by atoms with van der Waals surface area (Å²) in [6.45, 7) is 5.45. The third kappa shape index (κ3) is 7.16. The lowest BCUT2D eigenvalue weighted by atomic mass is 10.0. The fraction of sp³-hybridized carbons (Fsp3) is 0.300. The molecule has 0 bridgehead atoms. The van der Waals surface area contributed by atoms with Gasteiger partial charge >= 0.3 is 0 Å². The smallest absolute Gasteiger partial charge is 0.227 e. The zero-order valence-corrected chi connectivity index (χ0v) is 24.4. The number of phenols is 1. The van der Waals surface area contributed by atoms with Crippen molar-refractivity contribution in [2.45, 2.75) is 10.6 Å². The molecule has 1 saturated heterocycles. The van der Waals surface area contributed by atoms with Crippen LogP contribution in [0.25, 0.3) is 21.7 Å². The summed E-state index contributed by atoms with van der Waals surface area (Å²) in [5, 5.41) is 32.6. The number of aromatic hydroxyl groups is 1. The number of nitrogens with zero attached hydrogens (tertiary/aromatic N) is 5. The lowest BCUT2D eigenvalue weighted by molar-refractivity contribution is 0.0527. The summed E-state index contributed by atoms with van der Waals surface area (Å²) in [4.78, 5) is 14.5. The van der Waals surface area contributed by atoms with E-state index in [0.29, 0.717) is 23.8 Å². The molecule has 5 rings (SSSR count). The molecule has 4 aromatic rings. The van der Waals surface area contributed by atoms with Crippen molar-refractivity contribution in [3.05, 3.63) is 66.4 Å². The van der Waals surface area contributed by atoms with Crippen LogP contribution in [0, 0.1) is 11.3 Å². The van der Waals surface area contributed by atoms with Crippen molar-refractivity contribution in [3.8, 4) is 39.3 Å². The van der Waals surface area contributed by atoms with Gasteiger partial charge in [0.25, 0.3) is 0 Å². The van der Waals surface area contributed by atoms with Crippen LogP contribution in [-0.4, -0.2) is 82.3 Å². The molecule has 1 aliphatic rings. The number of thiophene rings is 1. The summed E-state index contributed by atoms with van der Waals surface area (Å²) < 4.78 is 6.91. The van der Waals surface area contributed by atoms with Gasteiger partial charge in [-0.25, -0.2) is 9.97 Å². The van der Waals surface area contributed by atoms with Crippen molar-refractivity contribution in [2.75, 3.05) is 57.6 Å². The molecule has 1 fully saturated rings. The number of aliphatic hydroxyl groups excluding tert-OH is 1. The number of ether oxygens (including phenoxy) is 1. The highest BCUT2D eigenvalue weighted by Crippen LogP contribution is 2.46. The first-order valence-electron chi connectivity index (χ1n) is 13.4. The molecule has 0 atom stereocenters. The maximum Gasteiger partial charge on any atom is 0.227 e. The Balaban J connectivity index is 1.27. The Kier molecular flexibility index (Phi) is 9.71. The number of nitriles is 1. The van der Waals surface area contributed by atoms with Gasteiger partial charge in [0, 0.05) is 56.2 Å². The average Bonchev–Trinajstić information content (AvgIpc) is 3.39. The highest BCUT2D eigenvalue weighted by atomic mass is 32.2. The van der Waals surface area contributed by atoms with Crippen molar-refractivity contribution in [2.24, 2.45) is 0 Å². The van der Waals surface area contributed by atoms with Crippen molar-refractivity contribution >= 4 is 34.7 Å². The van der Waals surface area contributed by atoms with Crippen molar-refractivity contribution in [1.82, 2.24) is 19.8 Å². The summed E-state index contributed by atoms with van der Waals surface area (Å²) in [7, 11) is 0. The third-order valence-corrected chi connectivity index (χ3v) is 9.17. The van der Waals surface area contributed by atoms with E-state index in [4.69, 9.17) is 9.72 Å². The summed E-state index contributed by atoms with van der Waals surface area (Å²) in [5.41, 5.74) is 3.59. The summed E-state index contributed by atoms with van der Waals surface area (Å²) in [6.07, 6.45) is 4.57. The number of thioether (sulfide) groups is 1. The number of anilines is 2. The first-order chi connectivity index (χ1) is 20.1. The maximum atomic E-state index is 10.1. The standard InChI is InChI=1S/C30H32N6O3S2/c1-40-29-25(19-31)27(21-5-2-7-23(38)17-21)28(41-29)26-9-10-32-30(34-26)33-22-6-3-8-24(18-22)39-16-4-11-35-12-14-36(20-37)15-13-35/h2-3,5-10,17-18,37-38H,4,11-16,20H2,1H3,(H,32,33,34). The van der Waals surface area contributed by atoms with E-state index in [2.05, 4.69) is 21.3 Å². The van der Waals surface area contributed by atoms with Gasteiger partial charge in [0.05, 0.1) is 33.7 Å². The number of aromatic nitrogens is 2. The van der Waals surface area contributed by atoms with E-state index in [1.807, 2.05) is 47.6 Å². The summed E-state index contributed by atoms with van der Waals surface area (Å²) >= 11 is 3.03. The Labute approximate surface area is 248 Å². The molecule has 212 valence electrons. The second kappa shape index (κ2) is 13.8. The largest absolute Gasteiger partial charge is 0.508 e. The van der Waals surface area contributed by atoms with Gasteiger partial charge in [-0.3, -0.25) is 4.90 Å². The lowest BCUT2D eigenvalue weighted by Crippen LogP contribution is -2.46. The number of phenolic OH excluding ortho intramolecular Hbond substituents is 1. The van der Waals surface area contributed by atoms with Gasteiger partial charge in [0.1, 0.15) is 17.6 Å². The molecular weight excluding hydrogens is 557 g/mol. The van der Waals surface area contributed by atoms with Gasteiger partial charge in [-0.15, -0.1) is 23.1 Å². The molecule has 0 unspecified atom stereocenters. The van der Waals surface area contributed by atoms with E-state index in [-0.39, 0.29) is 12.5 Å². The molecule has 0 spiro atoms. The van der Waals surface area contributed by atoms with E-state index in [1.165, 1.54) is 23.1 Å². The fourth-order valence-electron chi connectivity index (χ4n) is 4.74. The Morgan fingerprint density at radius 1 is 1.10 bits per heavy atom. The number of hydrogen-bond acceptors (Lipinski definition) is 11. The lowest BCUT2D eigenvalue weighted by Gasteiger charge is -2.33. The zero-order chi connectivity index (χ0) is 28.6. The molecule has 41 heavy (non-hydrogen) atoms. The van der Waals surface area contributed by atoms with Gasteiger partial charge in [-0.05, 0) is 48.6 Å². The Bertz CT molecular complexity index is 1510. The van der Waals surface area contributed by atoms with Crippen LogP contribution >= 0.6 is 23.1 Å². The van der Waals surface area contributed by atoms with E-state index in [9.17, 15) is 15.5 Å². The quantitative estimate of drug-likeness (QED) is 0.158. The minimum atomic E-state index is 0.131.